The minimum absolute atomic E-state index is 0.000945. The summed E-state index contributed by atoms with van der Waals surface area (Å²) in [5.41, 5.74) is 1.23. The van der Waals surface area contributed by atoms with E-state index in [-0.39, 0.29) is 11.8 Å². The van der Waals surface area contributed by atoms with Crippen molar-refractivity contribution >= 4 is 5.91 Å². The first-order valence-corrected chi connectivity index (χ1v) is 7.35. The number of amides is 1. The lowest BCUT2D eigenvalue weighted by atomic mass is 9.79. The van der Waals surface area contributed by atoms with Gasteiger partial charge in [-0.25, -0.2) is 0 Å². The fraction of sp³-hybridized carbons (Fsp3) is 0.562. The van der Waals surface area contributed by atoms with Crippen LogP contribution in [-0.2, 0) is 21.6 Å². The number of rotatable bonds is 3. The summed E-state index contributed by atoms with van der Waals surface area (Å²) in [6.07, 6.45) is 3.44. The van der Waals surface area contributed by atoms with Gasteiger partial charge in [0.25, 0.3) is 0 Å². The molecule has 1 aromatic rings. The molecule has 0 saturated carbocycles. The number of nitrogens with one attached hydrogen (secondary N) is 1. The molecule has 4 nitrogen and oxygen atoms in total. The van der Waals surface area contributed by atoms with Crippen molar-refractivity contribution in [3.8, 4) is 0 Å². The average molecular weight is 275 g/mol. The van der Waals surface area contributed by atoms with E-state index in [0.717, 1.165) is 24.8 Å². The third-order valence-electron chi connectivity index (χ3n) is 4.41. The molecule has 1 amide bonds. The molecule has 1 saturated heterocycles. The van der Waals surface area contributed by atoms with Gasteiger partial charge < -0.3 is 15.2 Å². The molecule has 1 fully saturated rings. The van der Waals surface area contributed by atoms with Crippen LogP contribution in [0.4, 0.5) is 0 Å². The molecule has 1 heterocycles. The summed E-state index contributed by atoms with van der Waals surface area (Å²) in [6.45, 7) is 1.45. The number of aryl methyl sites for hydroxylation is 1. The maximum absolute atomic E-state index is 12.0. The van der Waals surface area contributed by atoms with Crippen molar-refractivity contribution in [2.75, 3.05) is 19.8 Å². The molecule has 0 bridgehead atoms. The molecule has 2 aliphatic rings. The van der Waals surface area contributed by atoms with E-state index < -0.39 is 5.60 Å². The number of carbonyl (C=O) groups is 1. The number of fused-ring (bicyclic) bond motifs is 1. The lowest BCUT2D eigenvalue weighted by Gasteiger charge is -2.34. The van der Waals surface area contributed by atoms with Crippen LogP contribution in [-0.4, -0.2) is 30.8 Å². The fourth-order valence-electron chi connectivity index (χ4n) is 3.20. The Morgan fingerprint density at radius 3 is 3.10 bits per heavy atom. The Balaban J connectivity index is 1.69. The van der Waals surface area contributed by atoms with E-state index in [1.807, 2.05) is 18.2 Å². The van der Waals surface area contributed by atoms with Crippen LogP contribution in [0.1, 0.15) is 30.4 Å². The van der Waals surface area contributed by atoms with E-state index in [0.29, 0.717) is 26.2 Å². The third-order valence-corrected chi connectivity index (χ3v) is 4.41. The number of hydrogen-bond acceptors (Lipinski definition) is 3. The molecule has 1 aliphatic heterocycles. The first-order valence-electron chi connectivity index (χ1n) is 7.35. The summed E-state index contributed by atoms with van der Waals surface area (Å²) >= 11 is 0. The Morgan fingerprint density at radius 2 is 2.30 bits per heavy atom. The molecule has 2 atom stereocenters. The Kier molecular flexibility index (Phi) is 3.76. The minimum atomic E-state index is -0.927. The van der Waals surface area contributed by atoms with E-state index in [1.54, 1.807) is 0 Å². The van der Waals surface area contributed by atoms with Gasteiger partial charge >= 0.3 is 0 Å². The highest BCUT2D eigenvalue weighted by Crippen LogP contribution is 2.34. The lowest BCUT2D eigenvalue weighted by molar-refractivity contribution is -0.126. The van der Waals surface area contributed by atoms with Gasteiger partial charge in [-0.2, -0.15) is 0 Å². The van der Waals surface area contributed by atoms with E-state index in [4.69, 9.17) is 4.74 Å². The molecular weight excluding hydrogens is 254 g/mol. The third kappa shape index (κ3) is 2.58. The van der Waals surface area contributed by atoms with Crippen LogP contribution >= 0.6 is 0 Å². The molecule has 20 heavy (non-hydrogen) atoms. The molecule has 2 unspecified atom stereocenters. The van der Waals surface area contributed by atoms with E-state index in [9.17, 15) is 9.90 Å². The summed E-state index contributed by atoms with van der Waals surface area (Å²) in [5, 5.41) is 13.8. The van der Waals surface area contributed by atoms with Crippen molar-refractivity contribution in [2.24, 2.45) is 5.92 Å². The highest BCUT2D eigenvalue weighted by molar-refractivity contribution is 5.79. The average Bonchev–Trinajstić information content (AvgIpc) is 3.00. The van der Waals surface area contributed by atoms with Crippen molar-refractivity contribution in [1.82, 2.24) is 5.32 Å². The molecule has 1 aliphatic carbocycles. The number of ether oxygens (including phenoxy) is 1. The van der Waals surface area contributed by atoms with Gasteiger partial charge in [-0.05, 0) is 36.8 Å². The van der Waals surface area contributed by atoms with Crippen LogP contribution in [0.2, 0.25) is 0 Å². The van der Waals surface area contributed by atoms with Gasteiger partial charge in [0.15, 0.2) is 0 Å². The molecule has 3 rings (SSSR count). The molecule has 1 aromatic carbocycles. The first kappa shape index (κ1) is 13.6. The second kappa shape index (κ2) is 5.54. The van der Waals surface area contributed by atoms with E-state index in [2.05, 4.69) is 11.4 Å². The maximum atomic E-state index is 12.0. The summed E-state index contributed by atoms with van der Waals surface area (Å²) < 4.78 is 5.23. The molecule has 108 valence electrons. The number of hydrogen-bond donors (Lipinski definition) is 2. The van der Waals surface area contributed by atoms with Crippen molar-refractivity contribution in [1.29, 1.82) is 0 Å². The van der Waals surface area contributed by atoms with Gasteiger partial charge in [-0.3, -0.25) is 4.79 Å². The Bertz CT molecular complexity index is 496. The maximum Gasteiger partial charge on any atom is 0.225 e. The van der Waals surface area contributed by atoms with Crippen LogP contribution in [0.15, 0.2) is 24.3 Å². The normalized spacial score (nSPS) is 28.9. The summed E-state index contributed by atoms with van der Waals surface area (Å²) in [5.74, 6) is -0.0589. The Hall–Kier alpha value is -1.39. The standard InChI is InChI=1S/C16H21NO3/c18-15(13-7-9-20-10-13)17-11-16(19)8-3-5-12-4-1-2-6-14(12)16/h1-2,4,6,13,19H,3,5,7-11H2,(H,17,18). The topological polar surface area (TPSA) is 58.6 Å². The van der Waals surface area contributed by atoms with Gasteiger partial charge in [-0.1, -0.05) is 24.3 Å². The zero-order valence-electron chi connectivity index (χ0n) is 11.6. The van der Waals surface area contributed by atoms with Crippen LogP contribution < -0.4 is 5.32 Å². The van der Waals surface area contributed by atoms with Crippen LogP contribution in [0, 0.1) is 5.92 Å². The Morgan fingerprint density at radius 1 is 1.45 bits per heavy atom. The monoisotopic (exact) mass is 275 g/mol. The van der Waals surface area contributed by atoms with Gasteiger partial charge in [0, 0.05) is 6.61 Å². The summed E-state index contributed by atoms with van der Waals surface area (Å²) in [7, 11) is 0. The zero-order chi connectivity index (χ0) is 14.0. The fourth-order valence-corrected chi connectivity index (χ4v) is 3.20. The highest BCUT2D eigenvalue weighted by atomic mass is 16.5. The minimum Gasteiger partial charge on any atom is -0.383 e. The molecule has 4 heteroatoms. The predicted molar refractivity (Wildman–Crippen MR) is 75.2 cm³/mol. The molecule has 0 spiro atoms. The first-order chi connectivity index (χ1) is 9.69. The van der Waals surface area contributed by atoms with Gasteiger partial charge in [0.2, 0.25) is 5.91 Å². The smallest absolute Gasteiger partial charge is 0.225 e. The van der Waals surface area contributed by atoms with Crippen LogP contribution in [0.3, 0.4) is 0 Å². The molecular formula is C16H21NO3. The Labute approximate surface area is 119 Å². The van der Waals surface area contributed by atoms with Crippen molar-refractivity contribution in [2.45, 2.75) is 31.3 Å². The molecule has 0 radical (unpaired) electrons. The second-order valence-electron chi connectivity index (χ2n) is 5.82. The van der Waals surface area contributed by atoms with Crippen LogP contribution in [0.5, 0.6) is 0 Å². The van der Waals surface area contributed by atoms with Crippen molar-refractivity contribution < 1.29 is 14.6 Å². The zero-order valence-corrected chi connectivity index (χ0v) is 11.6. The lowest BCUT2D eigenvalue weighted by Crippen LogP contribution is -2.44. The highest BCUT2D eigenvalue weighted by Gasteiger charge is 2.35. The number of benzene rings is 1. The summed E-state index contributed by atoms with van der Waals surface area (Å²) in [6, 6.07) is 7.98. The van der Waals surface area contributed by atoms with Gasteiger partial charge in [0.05, 0.1) is 19.1 Å². The second-order valence-corrected chi connectivity index (χ2v) is 5.82. The SMILES string of the molecule is O=C(NCC1(O)CCCc2ccccc21)C1CCOC1. The largest absolute Gasteiger partial charge is 0.383 e. The van der Waals surface area contributed by atoms with Gasteiger partial charge in [-0.15, -0.1) is 0 Å². The van der Waals surface area contributed by atoms with Crippen LogP contribution in [0.25, 0.3) is 0 Å². The molecule has 0 aromatic heterocycles. The van der Waals surface area contributed by atoms with Crippen molar-refractivity contribution in [3.05, 3.63) is 35.4 Å². The molecule has 2 N–H and O–H groups in total. The predicted octanol–water partition coefficient (Wildman–Crippen LogP) is 1.36. The van der Waals surface area contributed by atoms with E-state index >= 15 is 0 Å². The van der Waals surface area contributed by atoms with Gasteiger partial charge in [0.1, 0.15) is 5.60 Å². The quantitative estimate of drug-likeness (QED) is 0.876. The summed E-state index contributed by atoms with van der Waals surface area (Å²) in [4.78, 5) is 12.0. The van der Waals surface area contributed by atoms with E-state index in [1.165, 1.54) is 5.56 Å². The number of aliphatic hydroxyl groups is 1. The van der Waals surface area contributed by atoms with Crippen molar-refractivity contribution in [3.63, 3.8) is 0 Å². The number of carbonyl (C=O) groups excluding carboxylic acids is 1.